The summed E-state index contributed by atoms with van der Waals surface area (Å²) in [5.41, 5.74) is 1.12. The lowest BCUT2D eigenvalue weighted by Crippen LogP contribution is -2.25. The van der Waals surface area contributed by atoms with Crippen molar-refractivity contribution >= 4 is 15.9 Å². The van der Waals surface area contributed by atoms with E-state index in [1.54, 1.807) is 0 Å². The largest absolute Gasteiger partial charge is 0.491 e. The normalized spacial score (nSPS) is 12.7. The van der Waals surface area contributed by atoms with Crippen molar-refractivity contribution < 1.29 is 14.6 Å². The van der Waals surface area contributed by atoms with Gasteiger partial charge in [-0.1, -0.05) is 15.9 Å². The summed E-state index contributed by atoms with van der Waals surface area (Å²) in [5.74, 6) is 0.747. The second kappa shape index (κ2) is 8.53. The molecular weight excluding hydrogens is 310 g/mol. The van der Waals surface area contributed by atoms with Crippen molar-refractivity contribution in [1.82, 2.24) is 5.32 Å². The van der Waals surface area contributed by atoms with Gasteiger partial charge in [0.25, 0.3) is 0 Å². The number of aliphatic hydroxyl groups is 1. The minimum Gasteiger partial charge on any atom is -0.491 e. The fourth-order valence-electron chi connectivity index (χ4n) is 1.51. The molecule has 0 spiro atoms. The molecule has 0 aliphatic carbocycles. The van der Waals surface area contributed by atoms with Crippen LogP contribution in [0.1, 0.15) is 19.4 Å². The third kappa shape index (κ3) is 6.38. The van der Waals surface area contributed by atoms with Crippen LogP contribution in [-0.2, 0) is 11.3 Å². The van der Waals surface area contributed by atoms with Crippen LogP contribution in [0.15, 0.2) is 22.7 Å². The number of ether oxygens (including phenoxy) is 2. The van der Waals surface area contributed by atoms with Crippen LogP contribution in [0.3, 0.4) is 0 Å². The lowest BCUT2D eigenvalue weighted by molar-refractivity contribution is -0.0122. The molecule has 1 atom stereocenters. The van der Waals surface area contributed by atoms with Crippen molar-refractivity contribution in [2.45, 2.75) is 32.6 Å². The fourth-order valence-corrected chi connectivity index (χ4v) is 1.90. The van der Waals surface area contributed by atoms with Gasteiger partial charge < -0.3 is 19.9 Å². The molecule has 0 saturated carbocycles. The van der Waals surface area contributed by atoms with E-state index in [0.29, 0.717) is 0 Å². The van der Waals surface area contributed by atoms with E-state index < -0.39 is 6.10 Å². The highest BCUT2D eigenvalue weighted by molar-refractivity contribution is 9.10. The quantitative estimate of drug-likeness (QED) is 0.767. The Morgan fingerprint density at radius 2 is 2.05 bits per heavy atom. The van der Waals surface area contributed by atoms with Crippen LogP contribution in [0.4, 0.5) is 0 Å². The third-order valence-electron chi connectivity index (χ3n) is 2.45. The molecule has 0 aliphatic heterocycles. The summed E-state index contributed by atoms with van der Waals surface area (Å²) >= 11 is 3.49. The maximum atomic E-state index is 9.72. The van der Waals surface area contributed by atoms with E-state index in [4.69, 9.17) is 9.47 Å². The zero-order valence-electron chi connectivity index (χ0n) is 11.6. The van der Waals surface area contributed by atoms with Crippen LogP contribution >= 0.6 is 15.9 Å². The van der Waals surface area contributed by atoms with E-state index in [1.165, 1.54) is 0 Å². The van der Waals surface area contributed by atoms with E-state index in [1.807, 2.05) is 39.1 Å². The van der Waals surface area contributed by atoms with Gasteiger partial charge in [-0.15, -0.1) is 0 Å². The third-order valence-corrected chi connectivity index (χ3v) is 3.22. The van der Waals surface area contributed by atoms with Gasteiger partial charge in [-0.2, -0.15) is 0 Å². The first-order chi connectivity index (χ1) is 9.02. The summed E-state index contributed by atoms with van der Waals surface area (Å²) in [5, 5.41) is 12.8. The van der Waals surface area contributed by atoms with Gasteiger partial charge in [-0.05, 0) is 44.7 Å². The molecule has 0 fully saturated rings. The molecule has 0 aromatic heterocycles. The van der Waals surface area contributed by atoms with Crippen molar-refractivity contribution in [3.63, 3.8) is 0 Å². The maximum Gasteiger partial charge on any atom is 0.119 e. The van der Waals surface area contributed by atoms with Crippen LogP contribution in [0.5, 0.6) is 5.75 Å². The molecule has 19 heavy (non-hydrogen) atoms. The SMILES string of the molecule is CNCc1cc(OCC(O)COC(C)C)ccc1Br. The first kappa shape index (κ1) is 16.4. The highest BCUT2D eigenvalue weighted by atomic mass is 79.9. The van der Waals surface area contributed by atoms with Gasteiger partial charge in [0.2, 0.25) is 0 Å². The molecule has 1 rings (SSSR count). The minimum absolute atomic E-state index is 0.115. The Morgan fingerprint density at radius 1 is 1.32 bits per heavy atom. The molecule has 0 bridgehead atoms. The zero-order chi connectivity index (χ0) is 14.3. The van der Waals surface area contributed by atoms with Gasteiger partial charge in [-0.25, -0.2) is 0 Å². The Kier molecular flexibility index (Phi) is 7.38. The highest BCUT2D eigenvalue weighted by Gasteiger charge is 2.08. The number of nitrogens with one attached hydrogen (secondary N) is 1. The lowest BCUT2D eigenvalue weighted by Gasteiger charge is -2.15. The van der Waals surface area contributed by atoms with Crippen LogP contribution in [-0.4, -0.2) is 37.6 Å². The van der Waals surface area contributed by atoms with E-state index in [0.717, 1.165) is 22.3 Å². The van der Waals surface area contributed by atoms with Crippen molar-refractivity contribution in [1.29, 1.82) is 0 Å². The average Bonchev–Trinajstić information content (AvgIpc) is 2.37. The molecule has 108 valence electrons. The second-order valence-electron chi connectivity index (χ2n) is 4.63. The van der Waals surface area contributed by atoms with Gasteiger partial charge >= 0.3 is 0 Å². The first-order valence-corrected chi connectivity index (χ1v) is 7.17. The number of benzene rings is 1. The molecule has 1 unspecified atom stereocenters. The number of aliphatic hydroxyl groups excluding tert-OH is 1. The monoisotopic (exact) mass is 331 g/mol. The van der Waals surface area contributed by atoms with E-state index >= 15 is 0 Å². The smallest absolute Gasteiger partial charge is 0.119 e. The predicted octanol–water partition coefficient (Wildman–Crippen LogP) is 2.33. The predicted molar refractivity (Wildman–Crippen MR) is 79.5 cm³/mol. The number of halogens is 1. The van der Waals surface area contributed by atoms with E-state index in [9.17, 15) is 5.11 Å². The molecule has 1 aromatic carbocycles. The van der Waals surface area contributed by atoms with Gasteiger partial charge in [0.05, 0.1) is 12.7 Å². The standard InChI is InChI=1S/C14H22BrNO3/c1-10(2)18-8-12(17)9-19-13-4-5-14(15)11(6-13)7-16-3/h4-6,10,12,16-17H,7-9H2,1-3H3. The van der Waals surface area contributed by atoms with Crippen molar-refractivity contribution in [2.75, 3.05) is 20.3 Å². The Morgan fingerprint density at radius 3 is 2.68 bits per heavy atom. The van der Waals surface area contributed by atoms with E-state index in [2.05, 4.69) is 21.2 Å². The summed E-state index contributed by atoms with van der Waals surface area (Å²) in [6.07, 6.45) is -0.497. The van der Waals surface area contributed by atoms with Crippen LogP contribution in [0, 0.1) is 0 Å². The molecule has 2 N–H and O–H groups in total. The van der Waals surface area contributed by atoms with Crippen LogP contribution in [0.25, 0.3) is 0 Å². The van der Waals surface area contributed by atoms with Crippen molar-refractivity contribution in [2.24, 2.45) is 0 Å². The molecule has 5 heteroatoms. The fraction of sp³-hybridized carbons (Fsp3) is 0.571. The van der Waals surface area contributed by atoms with Crippen LogP contribution < -0.4 is 10.1 Å². The summed E-state index contributed by atoms with van der Waals surface area (Å²) in [4.78, 5) is 0. The number of rotatable bonds is 8. The minimum atomic E-state index is -0.612. The number of hydrogen-bond acceptors (Lipinski definition) is 4. The highest BCUT2D eigenvalue weighted by Crippen LogP contribution is 2.22. The van der Waals surface area contributed by atoms with Gasteiger partial charge in [0.1, 0.15) is 18.5 Å². The Hall–Kier alpha value is -0.620. The number of hydrogen-bond donors (Lipinski definition) is 2. The van der Waals surface area contributed by atoms with Crippen molar-refractivity contribution in [3.05, 3.63) is 28.2 Å². The molecule has 0 saturated heterocycles. The summed E-state index contributed by atoms with van der Waals surface area (Å²) in [6.45, 7) is 5.15. The molecule has 0 aliphatic rings. The summed E-state index contributed by atoms with van der Waals surface area (Å²) < 4.78 is 11.9. The first-order valence-electron chi connectivity index (χ1n) is 6.38. The van der Waals surface area contributed by atoms with E-state index in [-0.39, 0.29) is 19.3 Å². The topological polar surface area (TPSA) is 50.7 Å². The Balaban J connectivity index is 2.46. The molecule has 4 nitrogen and oxygen atoms in total. The van der Waals surface area contributed by atoms with Gasteiger partial charge in [0.15, 0.2) is 0 Å². The zero-order valence-corrected chi connectivity index (χ0v) is 13.2. The molecule has 0 heterocycles. The van der Waals surface area contributed by atoms with Gasteiger partial charge in [0, 0.05) is 11.0 Å². The second-order valence-corrected chi connectivity index (χ2v) is 5.48. The summed E-state index contributed by atoms with van der Waals surface area (Å²) in [7, 11) is 1.90. The Labute approximate surface area is 123 Å². The van der Waals surface area contributed by atoms with Gasteiger partial charge in [-0.3, -0.25) is 0 Å². The molecular formula is C14H22BrNO3. The maximum absolute atomic E-state index is 9.72. The lowest BCUT2D eigenvalue weighted by atomic mass is 10.2. The molecule has 1 aromatic rings. The Bertz CT molecular complexity index is 385. The van der Waals surface area contributed by atoms with Crippen molar-refractivity contribution in [3.8, 4) is 5.75 Å². The molecule has 0 radical (unpaired) electrons. The summed E-state index contributed by atoms with van der Waals surface area (Å²) in [6, 6.07) is 5.77. The molecule has 0 amide bonds. The average molecular weight is 332 g/mol. The van der Waals surface area contributed by atoms with Crippen LogP contribution in [0.2, 0.25) is 0 Å².